The van der Waals surface area contributed by atoms with E-state index in [9.17, 15) is 0 Å². The fourth-order valence-electron chi connectivity index (χ4n) is 2.28. The molecule has 0 saturated carbocycles. The lowest BCUT2D eigenvalue weighted by molar-refractivity contribution is 0.170. The maximum absolute atomic E-state index is 6.02. The Morgan fingerprint density at radius 1 is 1.24 bits per heavy atom. The van der Waals surface area contributed by atoms with Gasteiger partial charge in [0.1, 0.15) is 11.9 Å². The first-order valence-corrected chi connectivity index (χ1v) is 7.61. The van der Waals surface area contributed by atoms with Gasteiger partial charge in [-0.3, -0.25) is 4.98 Å². The summed E-state index contributed by atoms with van der Waals surface area (Å²) in [5, 5.41) is 4.18. The van der Waals surface area contributed by atoms with E-state index < -0.39 is 0 Å². The van der Waals surface area contributed by atoms with Gasteiger partial charge < -0.3 is 10.1 Å². The molecule has 0 saturated heterocycles. The van der Waals surface area contributed by atoms with Crippen LogP contribution in [0, 0.1) is 0 Å². The zero-order valence-electron chi connectivity index (χ0n) is 12.4. The standard InChI is InChI=1S/C17H21ClN2O/c1-3-20-17(11-14-7-9-19-10-8-14)13(2)21-16-6-4-5-15(18)12-16/h4-10,12-13,17,20H,3,11H2,1-2H3. The summed E-state index contributed by atoms with van der Waals surface area (Å²) in [6.07, 6.45) is 4.58. The van der Waals surface area contributed by atoms with E-state index >= 15 is 0 Å². The largest absolute Gasteiger partial charge is 0.489 e. The first-order chi connectivity index (χ1) is 10.2. The highest BCUT2D eigenvalue weighted by Gasteiger charge is 2.18. The molecule has 3 nitrogen and oxygen atoms in total. The lowest BCUT2D eigenvalue weighted by atomic mass is 10.0. The molecule has 0 aliphatic heterocycles. The van der Waals surface area contributed by atoms with E-state index in [0.717, 1.165) is 18.7 Å². The lowest BCUT2D eigenvalue weighted by Gasteiger charge is -2.26. The van der Waals surface area contributed by atoms with Crippen LogP contribution in [0.3, 0.4) is 0 Å². The van der Waals surface area contributed by atoms with Crippen molar-refractivity contribution in [3.63, 3.8) is 0 Å². The van der Waals surface area contributed by atoms with Crippen molar-refractivity contribution in [2.75, 3.05) is 6.54 Å². The topological polar surface area (TPSA) is 34.2 Å². The summed E-state index contributed by atoms with van der Waals surface area (Å²) in [7, 11) is 0. The van der Waals surface area contributed by atoms with E-state index in [-0.39, 0.29) is 12.1 Å². The van der Waals surface area contributed by atoms with Crippen LogP contribution in [-0.2, 0) is 6.42 Å². The van der Waals surface area contributed by atoms with E-state index in [2.05, 4.69) is 24.1 Å². The number of aromatic nitrogens is 1. The van der Waals surface area contributed by atoms with Crippen molar-refractivity contribution in [2.45, 2.75) is 32.4 Å². The van der Waals surface area contributed by atoms with Crippen molar-refractivity contribution in [3.05, 3.63) is 59.4 Å². The molecular formula is C17H21ClN2O. The molecule has 2 atom stereocenters. The molecule has 0 bridgehead atoms. The zero-order valence-corrected chi connectivity index (χ0v) is 13.2. The number of pyridine rings is 1. The third kappa shape index (κ3) is 5.03. The summed E-state index contributed by atoms with van der Waals surface area (Å²) in [5.74, 6) is 0.799. The molecule has 0 aliphatic rings. The minimum Gasteiger partial charge on any atom is -0.489 e. The predicted molar refractivity (Wildman–Crippen MR) is 86.9 cm³/mol. The van der Waals surface area contributed by atoms with Gasteiger partial charge >= 0.3 is 0 Å². The number of rotatable bonds is 7. The van der Waals surface area contributed by atoms with E-state index in [1.165, 1.54) is 5.56 Å². The average molecular weight is 305 g/mol. The third-order valence-corrected chi connectivity index (χ3v) is 3.59. The van der Waals surface area contributed by atoms with Crippen LogP contribution < -0.4 is 10.1 Å². The van der Waals surface area contributed by atoms with Crippen LogP contribution >= 0.6 is 11.6 Å². The van der Waals surface area contributed by atoms with Crippen molar-refractivity contribution in [1.82, 2.24) is 10.3 Å². The summed E-state index contributed by atoms with van der Waals surface area (Å²) in [6, 6.07) is 11.8. The highest BCUT2D eigenvalue weighted by molar-refractivity contribution is 6.30. The fraction of sp³-hybridized carbons (Fsp3) is 0.353. The smallest absolute Gasteiger partial charge is 0.121 e. The first kappa shape index (κ1) is 15.8. The van der Waals surface area contributed by atoms with Crippen LogP contribution in [0.5, 0.6) is 5.75 Å². The van der Waals surface area contributed by atoms with Crippen molar-refractivity contribution < 1.29 is 4.74 Å². The van der Waals surface area contributed by atoms with Gasteiger partial charge in [0.2, 0.25) is 0 Å². The highest BCUT2D eigenvalue weighted by Crippen LogP contribution is 2.19. The van der Waals surface area contributed by atoms with E-state index in [0.29, 0.717) is 5.02 Å². The van der Waals surface area contributed by atoms with Crippen LogP contribution in [0.15, 0.2) is 48.8 Å². The number of benzene rings is 1. The monoisotopic (exact) mass is 304 g/mol. The van der Waals surface area contributed by atoms with Gasteiger partial charge in [0.05, 0.1) is 0 Å². The van der Waals surface area contributed by atoms with Gasteiger partial charge in [-0.2, -0.15) is 0 Å². The van der Waals surface area contributed by atoms with E-state index in [1.54, 1.807) is 0 Å². The molecule has 2 unspecified atom stereocenters. The Balaban J connectivity index is 2.03. The van der Waals surface area contributed by atoms with Gasteiger partial charge in [-0.1, -0.05) is 24.6 Å². The van der Waals surface area contributed by atoms with E-state index in [4.69, 9.17) is 16.3 Å². The number of hydrogen-bond donors (Lipinski definition) is 1. The normalized spacial score (nSPS) is 13.7. The van der Waals surface area contributed by atoms with Crippen molar-refractivity contribution in [1.29, 1.82) is 0 Å². The molecule has 4 heteroatoms. The molecule has 1 heterocycles. The van der Waals surface area contributed by atoms with Crippen molar-refractivity contribution in [3.8, 4) is 5.75 Å². The Hall–Kier alpha value is -1.58. The lowest BCUT2D eigenvalue weighted by Crippen LogP contribution is -2.43. The molecule has 112 valence electrons. The summed E-state index contributed by atoms with van der Waals surface area (Å²) in [4.78, 5) is 4.05. The summed E-state index contributed by atoms with van der Waals surface area (Å²) < 4.78 is 6.02. The Bertz CT molecular complexity index is 547. The molecule has 0 radical (unpaired) electrons. The summed E-state index contributed by atoms with van der Waals surface area (Å²) >= 11 is 6.00. The predicted octanol–water partition coefficient (Wildman–Crippen LogP) is 3.72. The molecule has 0 spiro atoms. The number of likely N-dealkylation sites (N-methyl/N-ethyl adjacent to an activating group) is 1. The number of nitrogens with zero attached hydrogens (tertiary/aromatic N) is 1. The van der Waals surface area contributed by atoms with Crippen LogP contribution in [0.2, 0.25) is 5.02 Å². The third-order valence-electron chi connectivity index (χ3n) is 3.36. The Morgan fingerprint density at radius 2 is 2.00 bits per heavy atom. The maximum atomic E-state index is 6.02. The zero-order chi connectivity index (χ0) is 15.1. The van der Waals surface area contributed by atoms with Crippen molar-refractivity contribution >= 4 is 11.6 Å². The second kappa shape index (κ2) is 8.01. The van der Waals surface area contributed by atoms with Gasteiger partial charge in [-0.25, -0.2) is 0 Å². The van der Waals surface area contributed by atoms with Crippen LogP contribution in [0.4, 0.5) is 0 Å². The van der Waals surface area contributed by atoms with E-state index in [1.807, 2.05) is 48.8 Å². The quantitative estimate of drug-likeness (QED) is 0.846. The van der Waals surface area contributed by atoms with Crippen LogP contribution in [0.25, 0.3) is 0 Å². The number of nitrogens with one attached hydrogen (secondary N) is 1. The summed E-state index contributed by atoms with van der Waals surface area (Å²) in [5.41, 5.74) is 1.25. The average Bonchev–Trinajstić information content (AvgIpc) is 2.48. The Morgan fingerprint density at radius 3 is 2.67 bits per heavy atom. The molecule has 2 rings (SSSR count). The molecular weight excluding hydrogens is 284 g/mol. The van der Waals surface area contributed by atoms with Crippen LogP contribution in [0.1, 0.15) is 19.4 Å². The molecule has 0 amide bonds. The SMILES string of the molecule is CCNC(Cc1ccncc1)C(C)Oc1cccc(Cl)c1. The number of hydrogen-bond acceptors (Lipinski definition) is 3. The van der Waals surface area contributed by atoms with Gasteiger partial charge in [-0.15, -0.1) is 0 Å². The minimum atomic E-state index is 0.0385. The maximum Gasteiger partial charge on any atom is 0.121 e. The van der Waals surface area contributed by atoms with Gasteiger partial charge in [-0.05, 0) is 55.8 Å². The Labute approximate surface area is 131 Å². The molecule has 0 fully saturated rings. The second-order valence-corrected chi connectivity index (χ2v) is 5.44. The minimum absolute atomic E-state index is 0.0385. The van der Waals surface area contributed by atoms with Crippen LogP contribution in [-0.4, -0.2) is 23.7 Å². The number of ether oxygens (including phenoxy) is 1. The van der Waals surface area contributed by atoms with Gasteiger partial charge in [0.15, 0.2) is 0 Å². The van der Waals surface area contributed by atoms with Gasteiger partial charge in [0.25, 0.3) is 0 Å². The molecule has 1 N–H and O–H groups in total. The highest BCUT2D eigenvalue weighted by atomic mass is 35.5. The summed E-state index contributed by atoms with van der Waals surface area (Å²) in [6.45, 7) is 5.08. The fourth-order valence-corrected chi connectivity index (χ4v) is 2.46. The second-order valence-electron chi connectivity index (χ2n) is 5.00. The molecule has 21 heavy (non-hydrogen) atoms. The molecule has 1 aromatic carbocycles. The first-order valence-electron chi connectivity index (χ1n) is 7.23. The molecule has 0 aliphatic carbocycles. The number of halogens is 1. The van der Waals surface area contributed by atoms with Crippen molar-refractivity contribution in [2.24, 2.45) is 0 Å². The van der Waals surface area contributed by atoms with Gasteiger partial charge in [0, 0.05) is 23.5 Å². The Kier molecular flexibility index (Phi) is 6.03. The molecule has 1 aromatic heterocycles. The molecule has 2 aromatic rings.